The van der Waals surface area contributed by atoms with E-state index in [1.807, 2.05) is 17.9 Å². The van der Waals surface area contributed by atoms with Crippen molar-refractivity contribution in [3.8, 4) is 0 Å². The molecule has 4 heteroatoms. The van der Waals surface area contributed by atoms with Crippen LogP contribution in [0, 0.1) is 6.92 Å². The second-order valence-corrected chi connectivity index (χ2v) is 4.92. The van der Waals surface area contributed by atoms with Gasteiger partial charge < -0.3 is 10.6 Å². The van der Waals surface area contributed by atoms with E-state index in [1.54, 1.807) is 6.07 Å². The summed E-state index contributed by atoms with van der Waals surface area (Å²) in [5.74, 6) is 0.480. The van der Waals surface area contributed by atoms with Gasteiger partial charge in [0.25, 0.3) is 5.91 Å². The van der Waals surface area contributed by atoms with Crippen LogP contribution in [0.1, 0.15) is 55.6 Å². The Bertz CT molecular complexity index is 390. The number of anilines is 1. The maximum absolute atomic E-state index is 12.5. The number of carbonyl (C=O) groups is 1. The van der Waals surface area contributed by atoms with Crippen molar-refractivity contribution >= 4 is 11.7 Å². The smallest absolute Gasteiger partial charge is 0.254 e. The summed E-state index contributed by atoms with van der Waals surface area (Å²) in [6.07, 6.45) is 4.25. The largest absolute Gasteiger partial charge is 0.384 e. The van der Waals surface area contributed by atoms with Gasteiger partial charge in [0.2, 0.25) is 0 Å². The fourth-order valence-electron chi connectivity index (χ4n) is 2.01. The number of pyridine rings is 1. The molecular weight excluding hydrogens is 238 g/mol. The Morgan fingerprint density at radius 2 is 1.79 bits per heavy atom. The molecule has 1 aromatic rings. The topological polar surface area (TPSA) is 59.2 Å². The first-order valence-corrected chi connectivity index (χ1v) is 7.11. The maximum Gasteiger partial charge on any atom is 0.254 e. The van der Waals surface area contributed by atoms with Gasteiger partial charge in [-0.3, -0.25) is 4.79 Å². The number of nitrogen functional groups attached to an aromatic ring is 1. The van der Waals surface area contributed by atoms with Gasteiger partial charge in [-0.15, -0.1) is 0 Å². The molecule has 0 radical (unpaired) electrons. The highest BCUT2D eigenvalue weighted by Crippen LogP contribution is 2.12. The number of hydrogen-bond donors (Lipinski definition) is 1. The molecule has 0 fully saturated rings. The zero-order chi connectivity index (χ0) is 14.3. The third kappa shape index (κ3) is 4.89. The zero-order valence-electron chi connectivity index (χ0n) is 12.3. The van der Waals surface area contributed by atoms with E-state index in [-0.39, 0.29) is 5.91 Å². The van der Waals surface area contributed by atoms with Crippen LogP contribution in [0.25, 0.3) is 0 Å². The molecule has 19 heavy (non-hydrogen) atoms. The molecule has 0 saturated carbocycles. The number of carbonyl (C=O) groups excluding carboxylic acids is 1. The van der Waals surface area contributed by atoms with Gasteiger partial charge in [0.05, 0.1) is 0 Å². The number of rotatable bonds is 7. The standard InChI is InChI=1S/C15H25N3O/c1-4-6-8-18(9-7-5-2)15(19)13-10-12(3)17-14(16)11-13/h10-11H,4-9H2,1-3H3,(H2,16,17). The molecule has 1 aromatic heterocycles. The number of hydrogen-bond acceptors (Lipinski definition) is 3. The Morgan fingerprint density at radius 3 is 2.26 bits per heavy atom. The van der Waals surface area contributed by atoms with Crippen molar-refractivity contribution in [3.05, 3.63) is 23.4 Å². The number of aryl methyl sites for hydroxylation is 1. The average molecular weight is 263 g/mol. The number of amides is 1. The molecule has 0 aliphatic heterocycles. The molecule has 0 aliphatic carbocycles. The highest BCUT2D eigenvalue weighted by Gasteiger charge is 2.15. The van der Waals surface area contributed by atoms with Crippen LogP contribution in [-0.2, 0) is 0 Å². The minimum absolute atomic E-state index is 0.0686. The van der Waals surface area contributed by atoms with Gasteiger partial charge in [0.1, 0.15) is 5.82 Å². The summed E-state index contributed by atoms with van der Waals surface area (Å²) in [5.41, 5.74) is 7.15. The van der Waals surface area contributed by atoms with Crippen LogP contribution in [0.2, 0.25) is 0 Å². The lowest BCUT2D eigenvalue weighted by molar-refractivity contribution is 0.0751. The summed E-state index contributed by atoms with van der Waals surface area (Å²) < 4.78 is 0. The van der Waals surface area contributed by atoms with E-state index in [9.17, 15) is 4.79 Å². The second-order valence-electron chi connectivity index (χ2n) is 4.92. The van der Waals surface area contributed by atoms with Crippen LogP contribution in [-0.4, -0.2) is 28.9 Å². The molecule has 0 atom stereocenters. The minimum Gasteiger partial charge on any atom is -0.384 e. The molecule has 1 rings (SSSR count). The lowest BCUT2D eigenvalue weighted by Crippen LogP contribution is -2.33. The molecule has 0 bridgehead atoms. The first kappa shape index (κ1) is 15.5. The molecule has 2 N–H and O–H groups in total. The first-order chi connectivity index (χ1) is 9.08. The van der Waals surface area contributed by atoms with Gasteiger partial charge in [0.15, 0.2) is 0 Å². The monoisotopic (exact) mass is 263 g/mol. The van der Waals surface area contributed by atoms with Crippen LogP contribution < -0.4 is 5.73 Å². The van der Waals surface area contributed by atoms with E-state index in [2.05, 4.69) is 18.8 Å². The normalized spacial score (nSPS) is 10.5. The van der Waals surface area contributed by atoms with Crippen LogP contribution in [0.4, 0.5) is 5.82 Å². The fraction of sp³-hybridized carbons (Fsp3) is 0.600. The van der Waals surface area contributed by atoms with Crippen LogP contribution >= 0.6 is 0 Å². The van der Waals surface area contributed by atoms with Crippen molar-refractivity contribution in [1.29, 1.82) is 0 Å². The number of unbranched alkanes of at least 4 members (excludes halogenated alkanes) is 2. The lowest BCUT2D eigenvalue weighted by atomic mass is 10.1. The van der Waals surface area contributed by atoms with E-state index >= 15 is 0 Å². The third-order valence-corrected chi connectivity index (χ3v) is 3.07. The highest BCUT2D eigenvalue weighted by atomic mass is 16.2. The number of nitrogens with zero attached hydrogens (tertiary/aromatic N) is 2. The molecular formula is C15H25N3O. The van der Waals surface area contributed by atoms with Gasteiger partial charge in [-0.25, -0.2) is 4.98 Å². The average Bonchev–Trinajstić information content (AvgIpc) is 2.37. The minimum atomic E-state index is 0.0686. The SMILES string of the molecule is CCCCN(CCCC)C(=O)c1cc(C)nc(N)c1. The molecule has 0 spiro atoms. The molecule has 106 valence electrons. The Hall–Kier alpha value is -1.58. The fourth-order valence-corrected chi connectivity index (χ4v) is 2.01. The Morgan fingerprint density at radius 1 is 1.21 bits per heavy atom. The summed E-state index contributed by atoms with van der Waals surface area (Å²) in [4.78, 5) is 18.5. The van der Waals surface area contributed by atoms with Gasteiger partial charge in [-0.05, 0) is 31.9 Å². The summed E-state index contributed by atoms with van der Waals surface area (Å²) >= 11 is 0. The highest BCUT2D eigenvalue weighted by molar-refractivity contribution is 5.95. The van der Waals surface area contributed by atoms with Gasteiger partial charge in [-0.2, -0.15) is 0 Å². The third-order valence-electron chi connectivity index (χ3n) is 3.07. The van der Waals surface area contributed by atoms with E-state index in [1.165, 1.54) is 0 Å². The van der Waals surface area contributed by atoms with E-state index in [0.717, 1.165) is 44.5 Å². The van der Waals surface area contributed by atoms with Crippen molar-refractivity contribution in [2.45, 2.75) is 46.5 Å². The van der Waals surface area contributed by atoms with Crippen molar-refractivity contribution in [1.82, 2.24) is 9.88 Å². The second kappa shape index (κ2) is 7.77. The summed E-state index contributed by atoms with van der Waals surface area (Å²) in [6.45, 7) is 7.76. The maximum atomic E-state index is 12.5. The van der Waals surface area contributed by atoms with Gasteiger partial charge in [-0.1, -0.05) is 26.7 Å². The number of nitrogens with two attached hydrogens (primary N) is 1. The molecule has 1 heterocycles. The summed E-state index contributed by atoms with van der Waals surface area (Å²) in [7, 11) is 0. The van der Waals surface area contributed by atoms with E-state index in [4.69, 9.17) is 5.73 Å². The molecule has 0 unspecified atom stereocenters. The number of aromatic nitrogens is 1. The summed E-state index contributed by atoms with van der Waals surface area (Å²) in [6, 6.07) is 3.48. The zero-order valence-corrected chi connectivity index (χ0v) is 12.3. The van der Waals surface area contributed by atoms with E-state index in [0.29, 0.717) is 11.4 Å². The van der Waals surface area contributed by atoms with Crippen LogP contribution in [0.5, 0.6) is 0 Å². The van der Waals surface area contributed by atoms with Crippen molar-refractivity contribution < 1.29 is 4.79 Å². The lowest BCUT2D eigenvalue weighted by Gasteiger charge is -2.22. The summed E-state index contributed by atoms with van der Waals surface area (Å²) in [5, 5.41) is 0. The molecule has 4 nitrogen and oxygen atoms in total. The Balaban J connectivity index is 2.84. The molecule has 0 aromatic carbocycles. The van der Waals surface area contributed by atoms with Crippen molar-refractivity contribution in [3.63, 3.8) is 0 Å². The predicted octanol–water partition coefficient (Wildman–Crippen LogP) is 3.01. The van der Waals surface area contributed by atoms with Gasteiger partial charge in [0, 0.05) is 24.3 Å². The molecule has 1 amide bonds. The van der Waals surface area contributed by atoms with Crippen LogP contribution in [0.15, 0.2) is 12.1 Å². The van der Waals surface area contributed by atoms with Crippen LogP contribution in [0.3, 0.4) is 0 Å². The molecule has 0 saturated heterocycles. The van der Waals surface area contributed by atoms with Gasteiger partial charge >= 0.3 is 0 Å². The quantitative estimate of drug-likeness (QED) is 0.822. The Kier molecular flexibility index (Phi) is 6.33. The Labute approximate surface area is 116 Å². The first-order valence-electron chi connectivity index (χ1n) is 7.11. The van der Waals surface area contributed by atoms with E-state index < -0.39 is 0 Å². The van der Waals surface area contributed by atoms with Crippen molar-refractivity contribution in [2.75, 3.05) is 18.8 Å². The van der Waals surface area contributed by atoms with Crippen molar-refractivity contribution in [2.24, 2.45) is 0 Å². The molecule has 0 aliphatic rings. The predicted molar refractivity (Wildman–Crippen MR) is 79.1 cm³/mol.